The molecule has 0 fully saturated rings. The number of esters is 1. The molecule has 7 heteroatoms. The van der Waals surface area contributed by atoms with Gasteiger partial charge in [0.25, 0.3) is 0 Å². The predicted molar refractivity (Wildman–Crippen MR) is 127 cm³/mol. The highest BCUT2D eigenvalue weighted by atomic mass is 19.1. The van der Waals surface area contributed by atoms with Gasteiger partial charge in [-0.25, -0.2) is 14.2 Å². The largest absolute Gasteiger partial charge is 0.460 e. The average molecular weight is 463 g/mol. The van der Waals surface area contributed by atoms with Crippen molar-refractivity contribution in [3.8, 4) is 11.1 Å². The summed E-state index contributed by atoms with van der Waals surface area (Å²) in [7, 11) is 0. The molecule has 0 aliphatic heterocycles. The van der Waals surface area contributed by atoms with E-state index in [2.05, 4.69) is 22.4 Å². The molecule has 3 aromatic rings. The Labute approximate surface area is 198 Å². The monoisotopic (exact) mass is 462 g/mol. The van der Waals surface area contributed by atoms with Crippen LogP contribution in [0.2, 0.25) is 0 Å². The van der Waals surface area contributed by atoms with Crippen LogP contribution in [0.4, 0.5) is 15.0 Å². The summed E-state index contributed by atoms with van der Waals surface area (Å²) in [4.78, 5) is 28.6. The van der Waals surface area contributed by atoms with Crippen LogP contribution >= 0.6 is 0 Å². The number of pyridine rings is 1. The molecule has 1 amide bonds. The fourth-order valence-electron chi connectivity index (χ4n) is 4.14. The second-order valence-electron chi connectivity index (χ2n) is 9.20. The van der Waals surface area contributed by atoms with Gasteiger partial charge in [-0.1, -0.05) is 48.5 Å². The van der Waals surface area contributed by atoms with Gasteiger partial charge in [-0.15, -0.1) is 0 Å². The van der Waals surface area contributed by atoms with Gasteiger partial charge in [-0.3, -0.25) is 10.1 Å². The first-order valence-electron chi connectivity index (χ1n) is 11.2. The number of nitrogens with one attached hydrogen (secondary N) is 1. The zero-order chi connectivity index (χ0) is 24.3. The lowest BCUT2D eigenvalue weighted by Gasteiger charge is -2.19. The Kier molecular flexibility index (Phi) is 6.63. The van der Waals surface area contributed by atoms with E-state index in [9.17, 15) is 14.0 Å². The van der Waals surface area contributed by atoms with E-state index in [-0.39, 0.29) is 31.2 Å². The number of rotatable bonds is 6. The molecule has 1 aromatic heterocycles. The fraction of sp³-hybridized carbons (Fsp3) is 0.296. The van der Waals surface area contributed by atoms with Crippen molar-refractivity contribution in [2.24, 2.45) is 0 Å². The minimum absolute atomic E-state index is 0.0295. The zero-order valence-electron chi connectivity index (χ0n) is 19.4. The molecule has 2 aromatic carbocycles. The number of hydrogen-bond donors (Lipinski definition) is 1. The van der Waals surface area contributed by atoms with Crippen molar-refractivity contribution < 1.29 is 23.5 Å². The third-order valence-corrected chi connectivity index (χ3v) is 5.52. The lowest BCUT2D eigenvalue weighted by molar-refractivity contribution is -0.154. The van der Waals surface area contributed by atoms with Crippen molar-refractivity contribution in [3.05, 3.63) is 83.3 Å². The highest BCUT2D eigenvalue weighted by Crippen LogP contribution is 2.44. The highest BCUT2D eigenvalue weighted by molar-refractivity contribution is 5.85. The van der Waals surface area contributed by atoms with Gasteiger partial charge in [0.15, 0.2) is 0 Å². The molecule has 1 N–H and O–H groups in total. The molecule has 0 atom stereocenters. The molecular weight excluding hydrogens is 435 g/mol. The highest BCUT2D eigenvalue weighted by Gasteiger charge is 2.29. The third kappa shape index (κ3) is 5.42. The normalized spacial score (nSPS) is 12.6. The minimum atomic E-state index is -0.695. The summed E-state index contributed by atoms with van der Waals surface area (Å²) in [5.41, 5.74) is 4.26. The summed E-state index contributed by atoms with van der Waals surface area (Å²) < 4.78 is 24.6. The van der Waals surface area contributed by atoms with Crippen molar-refractivity contribution >= 4 is 17.9 Å². The molecule has 0 radical (unpaired) electrons. The number of ether oxygens (including phenoxy) is 2. The second kappa shape index (κ2) is 9.63. The summed E-state index contributed by atoms with van der Waals surface area (Å²) in [6, 6.07) is 17.4. The number of nitrogens with zero attached hydrogens (tertiary/aromatic N) is 1. The molecule has 176 valence electrons. The van der Waals surface area contributed by atoms with E-state index in [0.29, 0.717) is 5.56 Å². The molecule has 34 heavy (non-hydrogen) atoms. The maximum atomic E-state index is 13.8. The van der Waals surface area contributed by atoms with Crippen molar-refractivity contribution in [2.45, 2.75) is 45.1 Å². The Bertz CT molecular complexity index is 1170. The van der Waals surface area contributed by atoms with Crippen molar-refractivity contribution in [2.75, 3.05) is 11.9 Å². The van der Waals surface area contributed by atoms with Crippen LogP contribution < -0.4 is 5.32 Å². The summed E-state index contributed by atoms with van der Waals surface area (Å²) in [5, 5.41) is 2.59. The van der Waals surface area contributed by atoms with Gasteiger partial charge in [-0.05, 0) is 61.1 Å². The molecule has 1 aliphatic rings. The van der Waals surface area contributed by atoms with Crippen molar-refractivity contribution in [3.63, 3.8) is 0 Å². The summed E-state index contributed by atoms with van der Waals surface area (Å²) in [6.07, 6.45) is 0.510. The number of fused-ring (bicyclic) bond motifs is 3. The summed E-state index contributed by atoms with van der Waals surface area (Å²) in [6.45, 7) is 5.48. The number of aromatic nitrogens is 1. The SMILES string of the molecule is CC(C)(C)OC(=O)CCc1cc(F)cnc1NC(=O)OCC1c2ccccc2-c2ccccc21. The number of halogens is 1. The molecule has 1 heterocycles. The quantitative estimate of drug-likeness (QED) is 0.465. The van der Waals surface area contributed by atoms with Gasteiger partial charge >= 0.3 is 12.1 Å². The lowest BCUT2D eigenvalue weighted by Crippen LogP contribution is -2.24. The van der Waals surface area contributed by atoms with E-state index in [4.69, 9.17) is 9.47 Å². The first-order chi connectivity index (χ1) is 16.2. The maximum Gasteiger partial charge on any atom is 0.412 e. The van der Waals surface area contributed by atoms with E-state index < -0.39 is 23.5 Å². The number of anilines is 1. The number of benzene rings is 2. The van der Waals surface area contributed by atoms with Crippen molar-refractivity contribution in [1.82, 2.24) is 4.98 Å². The Balaban J connectivity index is 1.42. The first kappa shape index (κ1) is 23.4. The maximum absolute atomic E-state index is 13.8. The molecule has 0 spiro atoms. The molecule has 0 saturated carbocycles. The summed E-state index contributed by atoms with van der Waals surface area (Å²) >= 11 is 0. The summed E-state index contributed by atoms with van der Waals surface area (Å²) in [5.74, 6) is -0.894. The lowest BCUT2D eigenvalue weighted by atomic mass is 9.98. The van der Waals surface area contributed by atoms with Crippen molar-refractivity contribution in [1.29, 1.82) is 0 Å². The second-order valence-corrected chi connectivity index (χ2v) is 9.20. The molecule has 1 aliphatic carbocycles. The molecule has 0 saturated heterocycles. The van der Waals surface area contributed by atoms with Crippen LogP contribution in [0, 0.1) is 5.82 Å². The Morgan fingerprint density at radius 2 is 1.65 bits per heavy atom. The predicted octanol–water partition coefficient (Wildman–Crippen LogP) is 5.86. The molecule has 0 unspecified atom stereocenters. The fourth-order valence-corrected chi connectivity index (χ4v) is 4.14. The third-order valence-electron chi connectivity index (χ3n) is 5.52. The number of amides is 1. The van der Waals surface area contributed by atoms with Gasteiger partial charge < -0.3 is 9.47 Å². The molecule has 0 bridgehead atoms. The Hall–Kier alpha value is -3.74. The molecule has 4 rings (SSSR count). The van der Waals surface area contributed by atoms with Crippen LogP contribution in [0.25, 0.3) is 11.1 Å². The van der Waals surface area contributed by atoms with E-state index >= 15 is 0 Å². The number of carbonyl (C=O) groups excluding carboxylic acids is 2. The number of carbonyl (C=O) groups is 2. The van der Waals surface area contributed by atoms with Crippen LogP contribution in [0.1, 0.15) is 49.8 Å². The molecule has 6 nitrogen and oxygen atoms in total. The van der Waals surface area contributed by atoms with Crippen LogP contribution in [0.15, 0.2) is 60.8 Å². The smallest absolute Gasteiger partial charge is 0.412 e. The average Bonchev–Trinajstić information content (AvgIpc) is 3.10. The Morgan fingerprint density at radius 1 is 1.03 bits per heavy atom. The van der Waals surface area contributed by atoms with Crippen LogP contribution in [0.3, 0.4) is 0 Å². The van der Waals surface area contributed by atoms with Crippen LogP contribution in [-0.4, -0.2) is 29.3 Å². The minimum Gasteiger partial charge on any atom is -0.460 e. The van der Waals surface area contributed by atoms with E-state index in [1.54, 1.807) is 20.8 Å². The molecular formula is C27H27FN2O4. The van der Waals surface area contributed by atoms with Gasteiger partial charge in [0.1, 0.15) is 23.8 Å². The van der Waals surface area contributed by atoms with Gasteiger partial charge in [0.2, 0.25) is 0 Å². The number of aryl methyl sites for hydroxylation is 1. The van der Waals surface area contributed by atoms with Crippen LogP contribution in [-0.2, 0) is 20.7 Å². The zero-order valence-corrected chi connectivity index (χ0v) is 19.4. The van der Waals surface area contributed by atoms with E-state index in [0.717, 1.165) is 28.5 Å². The number of hydrogen-bond acceptors (Lipinski definition) is 5. The van der Waals surface area contributed by atoms with Gasteiger partial charge in [0, 0.05) is 12.3 Å². The van der Waals surface area contributed by atoms with E-state index in [1.807, 2.05) is 36.4 Å². The standard InChI is InChI=1S/C27H27FN2O4/c1-27(2,3)34-24(31)13-12-17-14-18(28)15-29-25(17)30-26(32)33-16-23-21-10-6-4-8-19(21)20-9-5-7-11-22(20)23/h4-11,14-15,23H,12-13,16H2,1-3H3,(H,29,30,32). The van der Waals surface area contributed by atoms with Gasteiger partial charge in [-0.2, -0.15) is 0 Å². The van der Waals surface area contributed by atoms with E-state index in [1.165, 1.54) is 6.07 Å². The van der Waals surface area contributed by atoms with Gasteiger partial charge in [0.05, 0.1) is 6.20 Å². The topological polar surface area (TPSA) is 77.5 Å². The Morgan fingerprint density at radius 3 is 2.26 bits per heavy atom. The first-order valence-corrected chi connectivity index (χ1v) is 11.2. The van der Waals surface area contributed by atoms with Crippen LogP contribution in [0.5, 0.6) is 0 Å².